The van der Waals surface area contributed by atoms with E-state index in [2.05, 4.69) is 10.6 Å². The summed E-state index contributed by atoms with van der Waals surface area (Å²) < 4.78 is 0. The van der Waals surface area contributed by atoms with Crippen molar-refractivity contribution in [1.29, 1.82) is 0 Å². The van der Waals surface area contributed by atoms with E-state index in [1.807, 2.05) is 30.3 Å². The maximum absolute atomic E-state index is 11.4. The van der Waals surface area contributed by atoms with Crippen molar-refractivity contribution in [2.45, 2.75) is 19.0 Å². The van der Waals surface area contributed by atoms with Crippen molar-refractivity contribution < 1.29 is 14.7 Å². The molecule has 5 N–H and O–H groups in total. The molecule has 0 fully saturated rings. The van der Waals surface area contributed by atoms with E-state index in [-0.39, 0.29) is 19.0 Å². The molecule has 1 rings (SSSR count). The lowest BCUT2D eigenvalue weighted by Crippen LogP contribution is -2.39. The average Bonchev–Trinajstić information content (AvgIpc) is 2.37. The minimum Gasteiger partial charge on any atom is -0.480 e. The molecule has 6 heteroatoms. The van der Waals surface area contributed by atoms with Crippen molar-refractivity contribution in [3.05, 3.63) is 35.9 Å². The number of aliphatic carboxylic acids is 1. The molecule has 18 heavy (non-hydrogen) atoms. The predicted octanol–water partition coefficient (Wildman–Crippen LogP) is 0.288. The first-order valence-electron chi connectivity index (χ1n) is 5.63. The largest absolute Gasteiger partial charge is 0.480 e. The maximum Gasteiger partial charge on any atom is 0.320 e. The molecule has 0 aliphatic carbocycles. The smallest absolute Gasteiger partial charge is 0.320 e. The molecule has 0 spiro atoms. The molecule has 0 radical (unpaired) electrons. The van der Waals surface area contributed by atoms with Gasteiger partial charge in [0.1, 0.15) is 6.04 Å². The van der Waals surface area contributed by atoms with Gasteiger partial charge < -0.3 is 21.5 Å². The van der Waals surface area contributed by atoms with Gasteiger partial charge in [0.05, 0.1) is 0 Å². The molecule has 0 heterocycles. The Bertz CT molecular complexity index is 395. The van der Waals surface area contributed by atoms with Crippen LogP contribution in [-0.2, 0) is 11.3 Å². The second-order valence-electron chi connectivity index (χ2n) is 3.83. The van der Waals surface area contributed by atoms with Crippen molar-refractivity contribution in [2.24, 2.45) is 5.73 Å². The summed E-state index contributed by atoms with van der Waals surface area (Å²) >= 11 is 0. The van der Waals surface area contributed by atoms with Crippen LogP contribution < -0.4 is 16.4 Å². The Balaban J connectivity index is 2.17. The van der Waals surface area contributed by atoms with Crippen molar-refractivity contribution in [2.75, 3.05) is 6.54 Å². The predicted molar refractivity (Wildman–Crippen MR) is 66.9 cm³/mol. The molecule has 0 aliphatic heterocycles. The van der Waals surface area contributed by atoms with Crippen molar-refractivity contribution >= 4 is 12.0 Å². The second kappa shape index (κ2) is 7.29. The Hall–Kier alpha value is -2.08. The van der Waals surface area contributed by atoms with E-state index in [9.17, 15) is 9.59 Å². The highest BCUT2D eigenvalue weighted by molar-refractivity contribution is 5.74. The van der Waals surface area contributed by atoms with Gasteiger partial charge in [0, 0.05) is 13.1 Å². The lowest BCUT2D eigenvalue weighted by molar-refractivity contribution is -0.138. The molecule has 2 amide bonds. The third-order valence-electron chi connectivity index (χ3n) is 2.35. The van der Waals surface area contributed by atoms with Gasteiger partial charge in [0.15, 0.2) is 0 Å². The molecule has 0 saturated heterocycles. The molecule has 0 aromatic heterocycles. The van der Waals surface area contributed by atoms with E-state index >= 15 is 0 Å². The van der Waals surface area contributed by atoms with E-state index in [4.69, 9.17) is 10.8 Å². The summed E-state index contributed by atoms with van der Waals surface area (Å²) in [6.07, 6.45) is 0.202. The number of urea groups is 1. The Labute approximate surface area is 105 Å². The molecular formula is C12H17N3O3. The van der Waals surface area contributed by atoms with E-state index in [1.54, 1.807) is 0 Å². The summed E-state index contributed by atoms with van der Waals surface area (Å²) in [4.78, 5) is 21.8. The summed E-state index contributed by atoms with van der Waals surface area (Å²) in [5.41, 5.74) is 6.29. The van der Waals surface area contributed by atoms with Crippen LogP contribution in [0.3, 0.4) is 0 Å². The standard InChI is InChI=1S/C12H17N3O3/c13-10(11(16)17)6-7-14-12(18)15-8-9-4-2-1-3-5-9/h1-5,10H,6-8,13H2,(H,16,17)(H2,14,15,18). The van der Waals surface area contributed by atoms with Crippen molar-refractivity contribution in [3.63, 3.8) is 0 Å². The number of rotatable bonds is 6. The van der Waals surface area contributed by atoms with E-state index in [0.29, 0.717) is 6.54 Å². The van der Waals surface area contributed by atoms with Gasteiger partial charge in [-0.25, -0.2) is 4.79 Å². The highest BCUT2D eigenvalue weighted by Crippen LogP contribution is 1.96. The number of carbonyl (C=O) groups excluding carboxylic acids is 1. The van der Waals surface area contributed by atoms with Gasteiger partial charge in [-0.3, -0.25) is 4.79 Å². The minimum atomic E-state index is -1.07. The van der Waals surface area contributed by atoms with Gasteiger partial charge in [0.2, 0.25) is 0 Å². The zero-order chi connectivity index (χ0) is 13.4. The molecule has 0 bridgehead atoms. The molecule has 1 aromatic carbocycles. The third-order valence-corrected chi connectivity index (χ3v) is 2.35. The maximum atomic E-state index is 11.4. The first kappa shape index (κ1) is 14.0. The van der Waals surface area contributed by atoms with Crippen LogP contribution in [0.1, 0.15) is 12.0 Å². The number of nitrogens with one attached hydrogen (secondary N) is 2. The van der Waals surface area contributed by atoms with Crippen LogP contribution in [0.25, 0.3) is 0 Å². The lowest BCUT2D eigenvalue weighted by Gasteiger charge is -2.09. The van der Waals surface area contributed by atoms with Crippen LogP contribution in [-0.4, -0.2) is 29.7 Å². The van der Waals surface area contributed by atoms with E-state index in [1.165, 1.54) is 0 Å². The molecule has 0 aliphatic rings. The number of carbonyl (C=O) groups is 2. The summed E-state index contributed by atoms with van der Waals surface area (Å²) in [6, 6.07) is 8.20. The Morgan fingerprint density at radius 1 is 1.22 bits per heavy atom. The zero-order valence-electron chi connectivity index (χ0n) is 9.93. The number of nitrogens with two attached hydrogens (primary N) is 1. The number of carboxylic acid groups (broad SMARTS) is 1. The molecule has 98 valence electrons. The minimum absolute atomic E-state index is 0.202. The van der Waals surface area contributed by atoms with Crippen LogP contribution >= 0.6 is 0 Å². The van der Waals surface area contributed by atoms with Crippen LogP contribution in [0.2, 0.25) is 0 Å². The van der Waals surface area contributed by atoms with Crippen LogP contribution in [0, 0.1) is 0 Å². The SMILES string of the molecule is NC(CCNC(=O)NCc1ccccc1)C(=O)O. The summed E-state index contributed by atoms with van der Waals surface area (Å²) in [5.74, 6) is -1.07. The number of carboxylic acids is 1. The second-order valence-corrected chi connectivity index (χ2v) is 3.83. The van der Waals surface area contributed by atoms with Gasteiger partial charge in [0.25, 0.3) is 0 Å². The Kier molecular flexibility index (Phi) is 5.66. The molecule has 0 saturated carbocycles. The van der Waals surface area contributed by atoms with Crippen molar-refractivity contribution in [1.82, 2.24) is 10.6 Å². The topological polar surface area (TPSA) is 104 Å². The highest BCUT2D eigenvalue weighted by Gasteiger charge is 2.10. The van der Waals surface area contributed by atoms with Gasteiger partial charge in [-0.05, 0) is 12.0 Å². The highest BCUT2D eigenvalue weighted by atomic mass is 16.4. The third kappa shape index (κ3) is 5.31. The number of amides is 2. The van der Waals surface area contributed by atoms with Gasteiger partial charge in [-0.2, -0.15) is 0 Å². The summed E-state index contributed by atoms with van der Waals surface area (Å²) in [6.45, 7) is 0.658. The van der Waals surface area contributed by atoms with Crippen molar-refractivity contribution in [3.8, 4) is 0 Å². The summed E-state index contributed by atoms with van der Waals surface area (Å²) in [7, 11) is 0. The quantitative estimate of drug-likeness (QED) is 0.583. The van der Waals surface area contributed by atoms with E-state index < -0.39 is 12.0 Å². The van der Waals surface area contributed by atoms with E-state index in [0.717, 1.165) is 5.56 Å². The fourth-order valence-corrected chi connectivity index (χ4v) is 1.31. The molecule has 1 unspecified atom stereocenters. The monoisotopic (exact) mass is 251 g/mol. The normalized spacial score (nSPS) is 11.6. The molecular weight excluding hydrogens is 234 g/mol. The number of hydrogen-bond acceptors (Lipinski definition) is 3. The number of hydrogen-bond donors (Lipinski definition) is 4. The van der Waals surface area contributed by atoms with Gasteiger partial charge in [-0.15, -0.1) is 0 Å². The Morgan fingerprint density at radius 3 is 2.50 bits per heavy atom. The van der Waals surface area contributed by atoms with Crippen LogP contribution in [0.5, 0.6) is 0 Å². The first-order chi connectivity index (χ1) is 8.59. The van der Waals surface area contributed by atoms with Crippen LogP contribution in [0.15, 0.2) is 30.3 Å². The fraction of sp³-hybridized carbons (Fsp3) is 0.333. The summed E-state index contributed by atoms with van der Waals surface area (Å²) in [5, 5.41) is 13.8. The molecule has 1 atom stereocenters. The number of benzene rings is 1. The van der Waals surface area contributed by atoms with Gasteiger partial charge >= 0.3 is 12.0 Å². The van der Waals surface area contributed by atoms with Gasteiger partial charge in [-0.1, -0.05) is 30.3 Å². The lowest BCUT2D eigenvalue weighted by atomic mass is 10.2. The van der Waals surface area contributed by atoms with Crippen LogP contribution in [0.4, 0.5) is 4.79 Å². The Morgan fingerprint density at radius 2 is 1.89 bits per heavy atom. The molecule has 1 aromatic rings. The average molecular weight is 251 g/mol. The zero-order valence-corrected chi connectivity index (χ0v) is 9.93. The molecule has 6 nitrogen and oxygen atoms in total. The first-order valence-corrected chi connectivity index (χ1v) is 5.63. The fourth-order valence-electron chi connectivity index (χ4n) is 1.31.